The van der Waals surface area contributed by atoms with Crippen molar-refractivity contribution in [3.63, 3.8) is 0 Å². The summed E-state index contributed by atoms with van der Waals surface area (Å²) in [6.07, 6.45) is 0. The molecule has 0 amide bonds. The number of aryl methyl sites for hydroxylation is 2. The molecule has 1 aliphatic rings. The van der Waals surface area contributed by atoms with E-state index in [9.17, 15) is 0 Å². The number of aliphatic imine (C=N–C) groups is 2. The van der Waals surface area contributed by atoms with Gasteiger partial charge in [0.15, 0.2) is 0 Å². The Hall–Kier alpha value is -3.03. The predicted molar refractivity (Wildman–Crippen MR) is 125 cm³/mol. The molecular weight excluding hydrogens is 411 g/mol. The van der Waals surface area contributed by atoms with E-state index in [1.54, 1.807) is 0 Å². The van der Waals surface area contributed by atoms with Crippen LogP contribution in [0.1, 0.15) is 22.3 Å². The van der Waals surface area contributed by atoms with Crippen molar-refractivity contribution in [1.29, 1.82) is 0 Å². The number of hydrogen-bond acceptors (Lipinski definition) is 2. The first-order valence-corrected chi connectivity index (χ1v) is 9.54. The number of para-hydroxylation sites is 2. The molecule has 0 heterocycles. The van der Waals surface area contributed by atoms with Crippen molar-refractivity contribution in [2.24, 2.45) is 9.98 Å². The maximum absolute atomic E-state index is 5.09. The van der Waals surface area contributed by atoms with E-state index in [1.165, 1.54) is 10.8 Å². The molecule has 0 saturated carbocycles. The van der Waals surface area contributed by atoms with Crippen molar-refractivity contribution in [2.75, 3.05) is 0 Å². The van der Waals surface area contributed by atoms with Crippen LogP contribution < -0.4 is 0 Å². The van der Waals surface area contributed by atoms with Crippen LogP contribution in [0.3, 0.4) is 0 Å². The minimum absolute atomic E-state index is 0. The number of rotatable bonds is 2. The monoisotopic (exact) mass is 433 g/mol. The van der Waals surface area contributed by atoms with Crippen LogP contribution >= 0.6 is 0 Å². The van der Waals surface area contributed by atoms with E-state index in [4.69, 9.17) is 9.98 Å². The average Bonchev–Trinajstić information content (AvgIpc) is 3.01. The van der Waals surface area contributed by atoms with E-state index in [0.717, 1.165) is 45.1 Å². The Kier molecular flexibility index (Phi) is 6.34. The normalized spacial score (nSPS) is 14.6. The topological polar surface area (TPSA) is 24.7 Å². The van der Waals surface area contributed by atoms with E-state index in [-0.39, 0.29) is 23.9 Å². The SMILES string of the molecule is Cc1ccccc1N=C1C(=Nc2ccccc2C)c2cccc3cccc1c23.[CH3-].[Ni]. The van der Waals surface area contributed by atoms with Crippen LogP contribution in [-0.2, 0) is 16.5 Å². The molecule has 0 saturated heterocycles. The number of hydrogen-bond donors (Lipinski definition) is 0. The minimum atomic E-state index is 0. The molecule has 3 heteroatoms. The molecule has 0 N–H and O–H groups in total. The van der Waals surface area contributed by atoms with Gasteiger partial charge in [-0.1, -0.05) is 72.8 Å². The predicted octanol–water partition coefficient (Wildman–Crippen LogP) is 7.16. The fourth-order valence-electron chi connectivity index (χ4n) is 3.84. The molecule has 4 aromatic rings. The van der Waals surface area contributed by atoms with Gasteiger partial charge >= 0.3 is 0 Å². The first-order valence-electron chi connectivity index (χ1n) is 9.54. The molecule has 2 nitrogen and oxygen atoms in total. The van der Waals surface area contributed by atoms with Gasteiger partial charge in [0, 0.05) is 33.0 Å². The van der Waals surface area contributed by atoms with Crippen LogP contribution in [0.25, 0.3) is 10.8 Å². The summed E-state index contributed by atoms with van der Waals surface area (Å²) in [6.45, 7) is 4.19. The largest absolute Gasteiger partial charge is 0.358 e. The molecule has 1 aliphatic carbocycles. The second-order valence-electron chi connectivity index (χ2n) is 7.20. The van der Waals surface area contributed by atoms with E-state index < -0.39 is 0 Å². The summed E-state index contributed by atoms with van der Waals surface area (Å²) in [5.41, 5.74) is 8.50. The molecule has 0 spiro atoms. The van der Waals surface area contributed by atoms with Crippen LogP contribution in [0.4, 0.5) is 11.4 Å². The van der Waals surface area contributed by atoms with Crippen molar-refractivity contribution < 1.29 is 16.5 Å². The molecule has 0 radical (unpaired) electrons. The van der Waals surface area contributed by atoms with E-state index in [2.05, 4.69) is 74.5 Å². The zero-order valence-corrected chi connectivity index (χ0v) is 18.3. The third-order valence-corrected chi connectivity index (χ3v) is 5.33. The van der Waals surface area contributed by atoms with Gasteiger partial charge in [-0.15, -0.1) is 0 Å². The Morgan fingerprint density at radius 3 is 1.40 bits per heavy atom. The summed E-state index contributed by atoms with van der Waals surface area (Å²) >= 11 is 0. The molecular formula is C27H23N2Ni-. The maximum atomic E-state index is 5.09. The van der Waals surface area contributed by atoms with E-state index >= 15 is 0 Å². The molecule has 0 bridgehead atoms. The fraction of sp³-hybridized carbons (Fsp3) is 0.0741. The Balaban J connectivity index is 0.00000128. The number of benzene rings is 4. The molecule has 0 aliphatic heterocycles. The molecule has 0 atom stereocenters. The third kappa shape index (κ3) is 3.62. The molecule has 0 fully saturated rings. The van der Waals surface area contributed by atoms with Gasteiger partial charge in [0.2, 0.25) is 0 Å². The second-order valence-corrected chi connectivity index (χ2v) is 7.20. The Morgan fingerprint density at radius 2 is 0.967 bits per heavy atom. The number of nitrogens with zero attached hydrogens (tertiary/aromatic N) is 2. The van der Waals surface area contributed by atoms with E-state index in [1.807, 2.05) is 24.3 Å². The Bertz CT molecular complexity index is 1190. The summed E-state index contributed by atoms with van der Waals surface area (Å²) < 4.78 is 0. The van der Waals surface area contributed by atoms with Gasteiger partial charge in [-0.05, 0) is 42.5 Å². The summed E-state index contributed by atoms with van der Waals surface area (Å²) in [7, 11) is 0. The van der Waals surface area contributed by atoms with Crippen LogP contribution in [0.5, 0.6) is 0 Å². The maximum Gasteiger partial charge on any atom is 0.0978 e. The van der Waals surface area contributed by atoms with Crippen LogP contribution in [0.15, 0.2) is 94.9 Å². The molecule has 30 heavy (non-hydrogen) atoms. The summed E-state index contributed by atoms with van der Waals surface area (Å²) in [5, 5.41) is 2.46. The van der Waals surface area contributed by atoms with E-state index in [0.29, 0.717) is 0 Å². The first-order chi connectivity index (χ1) is 13.7. The summed E-state index contributed by atoms with van der Waals surface area (Å²) in [5.74, 6) is 0. The zero-order chi connectivity index (χ0) is 19.1. The van der Waals surface area contributed by atoms with Gasteiger partial charge in [-0.2, -0.15) is 0 Å². The van der Waals surface area contributed by atoms with Crippen molar-refractivity contribution >= 4 is 33.6 Å². The van der Waals surface area contributed by atoms with Gasteiger partial charge in [-0.3, -0.25) is 0 Å². The fourth-order valence-corrected chi connectivity index (χ4v) is 3.84. The Labute approximate surface area is 188 Å². The van der Waals surface area contributed by atoms with Gasteiger partial charge in [0.1, 0.15) is 0 Å². The molecule has 0 aromatic heterocycles. The van der Waals surface area contributed by atoms with Crippen LogP contribution in [0, 0.1) is 21.3 Å². The van der Waals surface area contributed by atoms with Crippen molar-refractivity contribution in [2.45, 2.75) is 13.8 Å². The molecule has 0 unspecified atom stereocenters. The smallest absolute Gasteiger partial charge is 0.0978 e. The minimum Gasteiger partial charge on any atom is -0.358 e. The average molecular weight is 434 g/mol. The van der Waals surface area contributed by atoms with Crippen molar-refractivity contribution in [1.82, 2.24) is 0 Å². The standard InChI is InChI=1S/C26H20N2.CH3.Ni/c1-17-9-3-5-15-22(17)27-25-20-13-7-11-19-12-8-14-21(24(19)20)26(25)28-23-16-6-4-10-18(23)2;;/h3-16H,1-2H3;1H3;/q;-1;. The molecule has 5 rings (SSSR count). The first kappa shape index (κ1) is 21.7. The second kappa shape index (κ2) is 8.77. The van der Waals surface area contributed by atoms with Crippen molar-refractivity contribution in [3.05, 3.63) is 115 Å². The summed E-state index contributed by atoms with van der Waals surface area (Å²) in [4.78, 5) is 10.2. The quantitative estimate of drug-likeness (QED) is 0.236. The van der Waals surface area contributed by atoms with Gasteiger partial charge in [-0.25, -0.2) is 9.98 Å². The molecule has 152 valence electrons. The Morgan fingerprint density at radius 1 is 0.533 bits per heavy atom. The third-order valence-electron chi connectivity index (χ3n) is 5.33. The molecule has 4 aromatic carbocycles. The van der Waals surface area contributed by atoms with Gasteiger partial charge < -0.3 is 7.43 Å². The van der Waals surface area contributed by atoms with Gasteiger partial charge in [0.25, 0.3) is 0 Å². The van der Waals surface area contributed by atoms with Crippen LogP contribution in [0.2, 0.25) is 0 Å². The summed E-state index contributed by atoms with van der Waals surface area (Å²) in [6, 6.07) is 29.3. The van der Waals surface area contributed by atoms with Crippen LogP contribution in [-0.4, -0.2) is 11.4 Å². The zero-order valence-electron chi connectivity index (χ0n) is 17.3. The van der Waals surface area contributed by atoms with Gasteiger partial charge in [0.05, 0.1) is 22.8 Å². The van der Waals surface area contributed by atoms with Crippen molar-refractivity contribution in [3.8, 4) is 0 Å².